The van der Waals surface area contributed by atoms with Crippen LogP contribution < -0.4 is 62.0 Å². The Labute approximate surface area is 117 Å². The molecule has 0 amide bonds. The number of nitrogens with one attached hydrogen (secondary N) is 2. The van der Waals surface area contributed by atoms with Crippen molar-refractivity contribution in [2.24, 2.45) is 0 Å². The van der Waals surface area contributed by atoms with E-state index in [0.29, 0.717) is 0 Å². The Morgan fingerprint density at radius 3 is 1.08 bits per heavy atom. The summed E-state index contributed by atoms with van der Waals surface area (Å²) in [5.74, 6) is 0. The van der Waals surface area contributed by atoms with Gasteiger partial charge < -0.3 is 12.1 Å². The molecule has 0 aromatic carbocycles. The van der Waals surface area contributed by atoms with Crippen molar-refractivity contribution >= 4 is 7.85 Å². The van der Waals surface area contributed by atoms with E-state index in [4.69, 9.17) is 0 Å². The van der Waals surface area contributed by atoms with E-state index in [1.54, 1.807) is 0 Å². The van der Waals surface area contributed by atoms with Crippen LogP contribution in [-0.2, 0) is 0 Å². The predicted molar refractivity (Wildman–Crippen MR) is 46.0 cm³/mol. The van der Waals surface area contributed by atoms with E-state index in [-0.39, 0.29) is 66.9 Å². The summed E-state index contributed by atoms with van der Waals surface area (Å²) in [4.78, 5) is 0. The van der Waals surface area contributed by atoms with Gasteiger partial charge in [0.25, 0.3) is 0 Å². The summed E-state index contributed by atoms with van der Waals surface area (Å²) in [5.41, 5.74) is 0. The first-order valence-electron chi connectivity index (χ1n) is 2.99. The number of rotatable bonds is 0. The first-order valence-corrected chi connectivity index (χ1v) is 2.99. The van der Waals surface area contributed by atoms with E-state index in [0.717, 1.165) is 26.2 Å². The fourth-order valence-corrected chi connectivity index (χ4v) is 0.604. The largest absolute Gasteiger partial charge is 1.00 e. The van der Waals surface area contributed by atoms with Crippen LogP contribution >= 0.6 is 0 Å². The first kappa shape index (κ1) is 29.2. The summed E-state index contributed by atoms with van der Waals surface area (Å²) >= 11 is 0. The van der Waals surface area contributed by atoms with Crippen LogP contribution in [0.5, 0.6) is 0 Å². The van der Waals surface area contributed by atoms with Crippen LogP contribution in [0.15, 0.2) is 0 Å². The summed E-state index contributed by atoms with van der Waals surface area (Å²) < 4.78 is 0. The number of halogens is 3. The second kappa shape index (κ2) is 29.4. The van der Waals surface area contributed by atoms with Crippen LogP contribution in [0.4, 0.5) is 14.1 Å². The van der Waals surface area contributed by atoms with Gasteiger partial charge in [-0.25, -0.2) is 0 Å². The zero-order valence-corrected chi connectivity index (χ0v) is 10.8. The van der Waals surface area contributed by atoms with Crippen molar-refractivity contribution in [1.29, 1.82) is 0 Å². The van der Waals surface area contributed by atoms with Gasteiger partial charge >= 0.3 is 51.4 Å². The monoisotopic (exact) mass is 212 g/mol. The van der Waals surface area contributed by atoms with E-state index in [1.165, 1.54) is 6.82 Å². The predicted octanol–water partition coefficient (Wildman–Crippen LogP) is -3.04. The molecule has 1 saturated heterocycles. The number of hydrogen-bond acceptors (Lipinski definition) is 2. The molecule has 72 valence electrons. The van der Waals surface area contributed by atoms with Crippen molar-refractivity contribution in [3.05, 3.63) is 0 Å². The van der Waals surface area contributed by atoms with Gasteiger partial charge in [0.05, 0.1) is 7.85 Å². The fourth-order valence-electron chi connectivity index (χ4n) is 0.604. The van der Waals surface area contributed by atoms with Gasteiger partial charge in [-0.3, -0.25) is 14.1 Å². The standard InChI is InChI=1S/C4H10N2.CH3B.3FH.K.H/c1-2-6-4-3-5-1;1-2;;;;;/h5-6H,1-4H2;1H3;3*1H;;/q;;;;;+1;-1. The normalized spacial score (nSPS) is 12.4. The van der Waals surface area contributed by atoms with Gasteiger partial charge in [-0.2, -0.15) is 0 Å². The van der Waals surface area contributed by atoms with Gasteiger partial charge in [0, 0.05) is 26.2 Å². The summed E-state index contributed by atoms with van der Waals surface area (Å²) in [7, 11) is 4.50. The van der Waals surface area contributed by atoms with Crippen molar-refractivity contribution in [2.75, 3.05) is 26.2 Å². The van der Waals surface area contributed by atoms with Gasteiger partial charge in [-0.1, -0.05) is 6.82 Å². The minimum atomic E-state index is 0. The van der Waals surface area contributed by atoms with Crippen molar-refractivity contribution in [2.45, 2.75) is 6.82 Å². The second-order valence-electron chi connectivity index (χ2n) is 1.50. The summed E-state index contributed by atoms with van der Waals surface area (Å²) in [6, 6.07) is 0. The first-order chi connectivity index (χ1) is 4.00. The molecule has 1 rings (SSSR count). The Balaban J connectivity index is -0.0000000166. The molecule has 1 heterocycles. The Kier molecular flexibility index (Phi) is 71.6. The minimum Gasteiger partial charge on any atom is -1.00 e. The minimum absolute atomic E-state index is 0. The van der Waals surface area contributed by atoms with Crippen LogP contribution in [0.2, 0.25) is 6.82 Å². The molecule has 0 bridgehead atoms. The molecule has 1 aliphatic heterocycles. The van der Waals surface area contributed by atoms with E-state index in [9.17, 15) is 0 Å². The van der Waals surface area contributed by atoms with Crippen molar-refractivity contribution in [3.63, 3.8) is 0 Å². The van der Waals surface area contributed by atoms with E-state index >= 15 is 0 Å². The van der Waals surface area contributed by atoms with Crippen LogP contribution in [0.1, 0.15) is 1.43 Å². The Morgan fingerprint density at radius 1 is 0.833 bits per heavy atom. The Bertz CT molecular complexity index is 45.3. The van der Waals surface area contributed by atoms with E-state index < -0.39 is 0 Å². The van der Waals surface area contributed by atoms with Crippen LogP contribution in [0.25, 0.3) is 0 Å². The molecule has 0 spiro atoms. The van der Waals surface area contributed by atoms with Crippen LogP contribution in [-0.4, -0.2) is 34.0 Å². The molecule has 2 N–H and O–H groups in total. The topological polar surface area (TPSA) is 24.1 Å². The smallest absolute Gasteiger partial charge is 1.00 e. The quantitative estimate of drug-likeness (QED) is 0.417. The molecule has 0 aromatic rings. The number of hydrogen-bond donors (Lipinski definition) is 2. The molecule has 7 heteroatoms. The maximum Gasteiger partial charge on any atom is 1.00 e. The SMILES string of the molecule is C1CNCCN1.F.F.F.[B]C.[H-].[K+]. The van der Waals surface area contributed by atoms with Gasteiger partial charge in [0.15, 0.2) is 0 Å². The molecule has 0 atom stereocenters. The van der Waals surface area contributed by atoms with Crippen molar-refractivity contribution in [3.8, 4) is 0 Å². The molecule has 0 aliphatic carbocycles. The van der Waals surface area contributed by atoms with Crippen molar-refractivity contribution in [1.82, 2.24) is 10.6 Å². The molecular formula is C5H17BF3KN2. The summed E-state index contributed by atoms with van der Waals surface area (Å²) in [6.07, 6.45) is 0. The van der Waals surface area contributed by atoms with Crippen molar-refractivity contribution < 1.29 is 66.9 Å². The van der Waals surface area contributed by atoms with Gasteiger partial charge in [0.2, 0.25) is 0 Å². The van der Waals surface area contributed by atoms with Gasteiger partial charge in [0.1, 0.15) is 0 Å². The third-order valence-corrected chi connectivity index (χ3v) is 0.957. The zero-order chi connectivity index (χ0) is 6.24. The maximum absolute atomic E-state index is 4.50. The zero-order valence-electron chi connectivity index (χ0n) is 8.63. The average Bonchev–Trinajstić information content (AvgIpc) is 1.96. The summed E-state index contributed by atoms with van der Waals surface area (Å²) in [6.45, 7) is 6.06. The molecule has 12 heavy (non-hydrogen) atoms. The Hall–Kier alpha value is 1.41. The second-order valence-corrected chi connectivity index (χ2v) is 1.50. The van der Waals surface area contributed by atoms with E-state index in [1.807, 2.05) is 0 Å². The molecule has 0 saturated carbocycles. The molecule has 0 unspecified atom stereocenters. The maximum atomic E-state index is 4.50. The third kappa shape index (κ3) is 22.5. The number of piperazine rings is 1. The Morgan fingerprint density at radius 2 is 1.00 bits per heavy atom. The molecule has 1 fully saturated rings. The average molecular weight is 212 g/mol. The fraction of sp³-hybridized carbons (Fsp3) is 1.00. The molecular weight excluding hydrogens is 195 g/mol. The van der Waals surface area contributed by atoms with Crippen LogP contribution in [0, 0.1) is 0 Å². The van der Waals surface area contributed by atoms with Crippen LogP contribution in [0.3, 0.4) is 0 Å². The molecule has 2 radical (unpaired) electrons. The third-order valence-electron chi connectivity index (χ3n) is 0.957. The molecule has 0 aromatic heterocycles. The molecule has 1 aliphatic rings. The van der Waals surface area contributed by atoms with Gasteiger partial charge in [-0.05, 0) is 0 Å². The summed E-state index contributed by atoms with van der Waals surface area (Å²) in [5, 5.41) is 6.44. The van der Waals surface area contributed by atoms with Gasteiger partial charge in [-0.15, -0.1) is 0 Å². The molecule has 2 nitrogen and oxygen atoms in total. The van der Waals surface area contributed by atoms with E-state index in [2.05, 4.69) is 18.5 Å².